The van der Waals surface area contributed by atoms with Crippen LogP contribution in [0.3, 0.4) is 0 Å². The van der Waals surface area contributed by atoms with Crippen LogP contribution in [0, 0.1) is 0 Å². The SMILES string of the molecule is CCCC1=Cc2c(ccc(C(C)C)c2-c2cc(C(C)(C)C)cc(C(C)(C)C)c2)[CH]1[Zr]([Cl])([Cl])[c]1cccc2c1[SiH2]c1ccccc1-2. The number of rotatable bonds is 6. The second-order valence-corrected chi connectivity index (χ2v) is 31.5. The van der Waals surface area contributed by atoms with Crippen LogP contribution >= 0.6 is 17.0 Å². The van der Waals surface area contributed by atoms with Gasteiger partial charge in [-0.05, 0) is 0 Å². The molecule has 0 nitrogen and oxygen atoms in total. The molecule has 0 bridgehead atoms. The molecule has 1 aliphatic heterocycles. The summed E-state index contributed by atoms with van der Waals surface area (Å²) in [6, 6.07) is 27.9. The van der Waals surface area contributed by atoms with Crippen molar-refractivity contribution in [2.75, 3.05) is 0 Å². The number of hydrogen-bond donors (Lipinski definition) is 0. The van der Waals surface area contributed by atoms with Crippen LogP contribution in [0.4, 0.5) is 0 Å². The van der Waals surface area contributed by atoms with Crippen molar-refractivity contribution >= 4 is 46.3 Å². The van der Waals surface area contributed by atoms with Gasteiger partial charge in [-0.3, -0.25) is 0 Å². The quantitative estimate of drug-likeness (QED) is 0.153. The van der Waals surface area contributed by atoms with Gasteiger partial charge in [-0.1, -0.05) is 0 Å². The molecule has 234 valence electrons. The number of halogens is 2. The Hall–Kier alpha value is -1.70. The third kappa shape index (κ3) is 5.97. The molecule has 1 unspecified atom stereocenters. The molecule has 0 saturated heterocycles. The minimum absolute atomic E-state index is 0.0464. The summed E-state index contributed by atoms with van der Waals surface area (Å²) in [5.41, 5.74) is 13.9. The van der Waals surface area contributed by atoms with E-state index in [4.69, 9.17) is 17.0 Å². The van der Waals surface area contributed by atoms with Gasteiger partial charge in [0.25, 0.3) is 0 Å². The monoisotopic (exact) mass is 728 g/mol. The summed E-state index contributed by atoms with van der Waals surface area (Å²) in [6.45, 7) is 20.9. The number of hydrogen-bond acceptors (Lipinski definition) is 0. The van der Waals surface area contributed by atoms with Gasteiger partial charge in [0.15, 0.2) is 0 Å². The number of benzene rings is 4. The van der Waals surface area contributed by atoms with Crippen molar-refractivity contribution in [2.45, 2.75) is 95.5 Å². The normalized spacial score (nSPS) is 16.6. The van der Waals surface area contributed by atoms with E-state index in [0.717, 1.165) is 12.8 Å². The van der Waals surface area contributed by atoms with Crippen LogP contribution in [-0.4, -0.2) is 9.52 Å². The van der Waals surface area contributed by atoms with Gasteiger partial charge < -0.3 is 0 Å². The summed E-state index contributed by atoms with van der Waals surface area (Å²) >= 11 is -4.04. The van der Waals surface area contributed by atoms with E-state index in [0.29, 0.717) is 5.92 Å². The van der Waals surface area contributed by atoms with Gasteiger partial charge in [-0.15, -0.1) is 0 Å². The molecule has 45 heavy (non-hydrogen) atoms. The van der Waals surface area contributed by atoms with Crippen molar-refractivity contribution in [1.29, 1.82) is 0 Å². The predicted octanol–water partition coefficient (Wildman–Crippen LogP) is 10.2. The Morgan fingerprint density at radius 1 is 0.800 bits per heavy atom. The van der Waals surface area contributed by atoms with E-state index in [-0.39, 0.29) is 14.5 Å². The van der Waals surface area contributed by atoms with E-state index in [1.54, 1.807) is 0 Å². The Bertz CT molecular complexity index is 1780. The zero-order valence-corrected chi connectivity index (χ0v) is 33.9. The zero-order chi connectivity index (χ0) is 32.5. The Kier molecular flexibility index (Phi) is 8.91. The van der Waals surface area contributed by atoms with Crippen LogP contribution < -0.4 is 13.6 Å². The minimum atomic E-state index is -4.04. The summed E-state index contributed by atoms with van der Waals surface area (Å²) in [4.78, 5) is 0. The van der Waals surface area contributed by atoms with Gasteiger partial charge in [0.05, 0.1) is 0 Å². The molecule has 6 rings (SSSR count). The van der Waals surface area contributed by atoms with Crippen molar-refractivity contribution in [3.63, 3.8) is 0 Å². The van der Waals surface area contributed by atoms with Crippen LogP contribution in [0.1, 0.15) is 113 Å². The van der Waals surface area contributed by atoms with Crippen LogP contribution in [0.2, 0.25) is 0 Å². The second kappa shape index (κ2) is 12.1. The van der Waals surface area contributed by atoms with Gasteiger partial charge in [0.1, 0.15) is 0 Å². The van der Waals surface area contributed by atoms with Crippen LogP contribution in [0.15, 0.2) is 78.4 Å². The average molecular weight is 731 g/mol. The fourth-order valence-corrected chi connectivity index (χ4v) is 24.4. The molecule has 4 aromatic rings. The molecule has 0 amide bonds. The second-order valence-electron chi connectivity index (χ2n) is 15.7. The van der Waals surface area contributed by atoms with Gasteiger partial charge in [-0.25, -0.2) is 0 Å². The third-order valence-corrected chi connectivity index (χ3v) is 24.4. The fourth-order valence-electron chi connectivity index (χ4n) is 7.53. The maximum atomic E-state index is 7.98. The number of allylic oxidation sites excluding steroid dienone is 1. The molecule has 0 N–H and O–H groups in total. The van der Waals surface area contributed by atoms with Gasteiger partial charge in [0, 0.05) is 0 Å². The number of fused-ring (bicyclic) bond motifs is 4. The molecule has 0 spiro atoms. The van der Waals surface area contributed by atoms with Gasteiger partial charge >= 0.3 is 288 Å². The summed E-state index contributed by atoms with van der Waals surface area (Å²) in [5.74, 6) is 0.394. The van der Waals surface area contributed by atoms with Crippen molar-refractivity contribution in [2.24, 2.45) is 0 Å². The first-order valence-electron chi connectivity index (χ1n) is 16.7. The molecular formula is C41H48Cl2SiZr. The molecule has 2 aliphatic rings. The molecule has 4 heteroatoms. The summed E-state index contributed by atoms with van der Waals surface area (Å²) < 4.78 is 1.42. The van der Waals surface area contributed by atoms with E-state index < -0.39 is 27.4 Å². The Balaban J connectivity index is 1.58. The van der Waals surface area contributed by atoms with Crippen molar-refractivity contribution in [3.05, 3.63) is 106 Å². The van der Waals surface area contributed by atoms with Crippen molar-refractivity contribution in [1.82, 2.24) is 0 Å². The first kappa shape index (κ1) is 33.2. The molecule has 1 atom stereocenters. The van der Waals surface area contributed by atoms with Crippen LogP contribution in [-0.2, 0) is 28.7 Å². The standard InChI is InChI=1S/C29H39.C12H9Si.2ClH.Zr/c1-10-11-20-14-21-12-13-25(19(2)3)27(26(21)15-20)22-16-23(28(4,5)6)18-24(17-22)29(7,8)9;1-3-7-11-9(5-1)10-6-2-4-8-12(10)13-11;;;/h12-19H,10-11H2,1-9H3;1-7H,13H2;2*1H;/q;;;;+2/p-2. The molecule has 0 aromatic heterocycles. The topological polar surface area (TPSA) is 0 Å². The predicted molar refractivity (Wildman–Crippen MR) is 200 cm³/mol. The molecule has 1 heterocycles. The zero-order valence-electron chi connectivity index (χ0n) is 28.5. The van der Waals surface area contributed by atoms with Crippen molar-refractivity contribution < 1.29 is 17.9 Å². The summed E-state index contributed by atoms with van der Waals surface area (Å²) in [6.07, 6.45) is 4.62. The Morgan fingerprint density at radius 3 is 2.07 bits per heavy atom. The van der Waals surface area contributed by atoms with Crippen LogP contribution in [0.5, 0.6) is 0 Å². The molecule has 1 aliphatic carbocycles. The van der Waals surface area contributed by atoms with Crippen LogP contribution in [0.25, 0.3) is 28.3 Å². The van der Waals surface area contributed by atoms with Gasteiger partial charge in [-0.2, -0.15) is 0 Å². The van der Waals surface area contributed by atoms with E-state index in [2.05, 4.69) is 141 Å². The fraction of sp³-hybridized carbons (Fsp3) is 0.366. The maximum absolute atomic E-state index is 7.98. The molecular weight excluding hydrogens is 683 g/mol. The first-order valence-corrected chi connectivity index (χ1v) is 27.1. The molecule has 0 radical (unpaired) electrons. The van der Waals surface area contributed by atoms with E-state index in [1.165, 1.54) is 69.3 Å². The summed E-state index contributed by atoms with van der Waals surface area (Å²) in [5, 5.41) is 3.01. The molecule has 0 saturated carbocycles. The van der Waals surface area contributed by atoms with E-state index in [1.807, 2.05) is 0 Å². The Morgan fingerprint density at radius 2 is 1.44 bits per heavy atom. The van der Waals surface area contributed by atoms with Crippen molar-refractivity contribution in [3.8, 4) is 22.3 Å². The molecule has 4 aromatic carbocycles. The average Bonchev–Trinajstić information content (AvgIpc) is 3.54. The first-order chi connectivity index (χ1) is 21.1. The molecule has 0 fully saturated rings. The third-order valence-electron chi connectivity index (χ3n) is 10.0. The van der Waals surface area contributed by atoms with E-state index in [9.17, 15) is 0 Å². The van der Waals surface area contributed by atoms with Gasteiger partial charge in [0.2, 0.25) is 0 Å². The van der Waals surface area contributed by atoms with E-state index >= 15 is 0 Å². The Labute approximate surface area is 286 Å². The summed E-state index contributed by atoms with van der Waals surface area (Å²) in [7, 11) is 15.3.